The molecule has 0 radical (unpaired) electrons. The van der Waals surface area contributed by atoms with Crippen LogP contribution in [0.1, 0.15) is 26.2 Å². The molecule has 1 fully saturated rings. The third kappa shape index (κ3) is 4.08. The summed E-state index contributed by atoms with van der Waals surface area (Å²) < 4.78 is 5.31. The van der Waals surface area contributed by atoms with E-state index in [1.807, 2.05) is 19.4 Å². The second-order valence-electron chi connectivity index (χ2n) is 5.55. The molecule has 0 saturated carbocycles. The Hall–Kier alpha value is -1.33. The molecule has 1 aromatic heterocycles. The number of hydrogen-bond donors (Lipinski definition) is 2. The number of nitrogens with one attached hydrogen (secondary N) is 1. The van der Waals surface area contributed by atoms with Crippen LogP contribution in [-0.2, 0) is 4.74 Å². The van der Waals surface area contributed by atoms with Crippen molar-refractivity contribution >= 4 is 11.4 Å². The van der Waals surface area contributed by atoms with Gasteiger partial charge in [-0.15, -0.1) is 0 Å². The van der Waals surface area contributed by atoms with Gasteiger partial charge in [0.1, 0.15) is 0 Å². The Morgan fingerprint density at radius 1 is 1.40 bits per heavy atom. The number of anilines is 2. The van der Waals surface area contributed by atoms with Gasteiger partial charge < -0.3 is 20.1 Å². The monoisotopic (exact) mass is 279 g/mol. The van der Waals surface area contributed by atoms with Gasteiger partial charge in [0, 0.05) is 46.2 Å². The predicted octanol–water partition coefficient (Wildman–Crippen LogP) is 1.88. The number of rotatable bonds is 6. The molecule has 0 unspecified atom stereocenters. The first-order valence-corrected chi connectivity index (χ1v) is 7.33. The molecule has 1 aliphatic heterocycles. The smallest absolute Gasteiger partial charge is 0.0865 e. The van der Waals surface area contributed by atoms with Crippen LogP contribution in [0.4, 0.5) is 11.4 Å². The Kier molecular flexibility index (Phi) is 5.20. The van der Waals surface area contributed by atoms with E-state index >= 15 is 0 Å². The second-order valence-corrected chi connectivity index (χ2v) is 5.55. The van der Waals surface area contributed by atoms with Crippen molar-refractivity contribution in [2.75, 3.05) is 43.6 Å². The maximum Gasteiger partial charge on any atom is 0.0865 e. The molecule has 1 saturated heterocycles. The van der Waals surface area contributed by atoms with Crippen LogP contribution in [0.2, 0.25) is 0 Å². The van der Waals surface area contributed by atoms with Gasteiger partial charge in [-0.3, -0.25) is 4.98 Å². The summed E-state index contributed by atoms with van der Waals surface area (Å²) in [6, 6.07) is 2.07. The Morgan fingerprint density at radius 2 is 2.15 bits per heavy atom. The van der Waals surface area contributed by atoms with E-state index in [-0.39, 0.29) is 0 Å². The fourth-order valence-electron chi connectivity index (χ4n) is 2.44. The van der Waals surface area contributed by atoms with Crippen molar-refractivity contribution in [3.8, 4) is 0 Å². The SMILES string of the molecule is CCCNc1cncc(N(C)CC2(O)CCOCC2)c1. The average Bonchev–Trinajstić information content (AvgIpc) is 2.45. The molecule has 2 N–H and O–H groups in total. The van der Waals surface area contributed by atoms with Crippen molar-refractivity contribution in [2.45, 2.75) is 31.8 Å². The van der Waals surface area contributed by atoms with Crippen molar-refractivity contribution in [1.82, 2.24) is 4.98 Å². The van der Waals surface area contributed by atoms with Crippen LogP contribution in [0, 0.1) is 0 Å². The number of ether oxygens (including phenoxy) is 1. The molecule has 5 heteroatoms. The van der Waals surface area contributed by atoms with Gasteiger partial charge in [0.25, 0.3) is 0 Å². The number of likely N-dealkylation sites (N-methyl/N-ethyl adjacent to an activating group) is 1. The molecule has 0 aromatic carbocycles. The number of pyridine rings is 1. The van der Waals surface area contributed by atoms with E-state index in [0.29, 0.717) is 32.6 Å². The standard InChI is InChI=1S/C15H25N3O2/c1-3-6-17-13-9-14(11-16-10-13)18(2)12-15(19)4-7-20-8-5-15/h9-11,17,19H,3-8,12H2,1-2H3. The molecule has 1 aliphatic rings. The van der Waals surface area contributed by atoms with E-state index in [2.05, 4.69) is 28.2 Å². The minimum Gasteiger partial charge on any atom is -0.388 e. The zero-order valence-electron chi connectivity index (χ0n) is 12.4. The molecule has 0 bridgehead atoms. The fraction of sp³-hybridized carbons (Fsp3) is 0.667. The van der Waals surface area contributed by atoms with Crippen LogP contribution in [-0.4, -0.2) is 49.0 Å². The van der Waals surface area contributed by atoms with Crippen molar-refractivity contribution in [3.05, 3.63) is 18.5 Å². The molecule has 0 atom stereocenters. The van der Waals surface area contributed by atoms with E-state index in [9.17, 15) is 5.11 Å². The lowest BCUT2D eigenvalue weighted by atomic mass is 9.94. The number of nitrogens with zero attached hydrogens (tertiary/aromatic N) is 2. The van der Waals surface area contributed by atoms with Crippen molar-refractivity contribution < 1.29 is 9.84 Å². The molecular weight excluding hydrogens is 254 g/mol. The summed E-state index contributed by atoms with van der Waals surface area (Å²) in [7, 11) is 1.99. The minimum atomic E-state index is -0.653. The quantitative estimate of drug-likeness (QED) is 0.832. The highest BCUT2D eigenvalue weighted by molar-refractivity contribution is 5.55. The molecule has 1 aromatic rings. The maximum absolute atomic E-state index is 10.6. The fourth-order valence-corrected chi connectivity index (χ4v) is 2.44. The molecule has 2 heterocycles. The lowest BCUT2D eigenvalue weighted by Gasteiger charge is -2.36. The Balaban J connectivity index is 1.99. The number of aromatic nitrogens is 1. The third-order valence-corrected chi connectivity index (χ3v) is 3.70. The Labute approximate surface area is 121 Å². The van der Waals surface area contributed by atoms with Crippen molar-refractivity contribution in [1.29, 1.82) is 0 Å². The largest absolute Gasteiger partial charge is 0.388 e. The molecule has 112 valence electrons. The van der Waals surface area contributed by atoms with Crippen LogP contribution < -0.4 is 10.2 Å². The van der Waals surface area contributed by atoms with E-state index in [0.717, 1.165) is 24.3 Å². The van der Waals surface area contributed by atoms with E-state index < -0.39 is 5.60 Å². The first kappa shape index (κ1) is 15.1. The van der Waals surface area contributed by atoms with Crippen LogP contribution in [0.15, 0.2) is 18.5 Å². The van der Waals surface area contributed by atoms with Gasteiger partial charge >= 0.3 is 0 Å². The maximum atomic E-state index is 10.6. The number of hydrogen-bond acceptors (Lipinski definition) is 5. The molecular formula is C15H25N3O2. The number of aliphatic hydroxyl groups is 1. The molecule has 20 heavy (non-hydrogen) atoms. The Morgan fingerprint density at radius 3 is 2.85 bits per heavy atom. The minimum absolute atomic E-state index is 0.606. The first-order chi connectivity index (χ1) is 9.63. The van der Waals surface area contributed by atoms with Crippen LogP contribution in [0.25, 0.3) is 0 Å². The average molecular weight is 279 g/mol. The first-order valence-electron chi connectivity index (χ1n) is 7.33. The summed E-state index contributed by atoms with van der Waals surface area (Å²) in [6.45, 7) is 4.96. The molecule has 0 aliphatic carbocycles. The van der Waals surface area contributed by atoms with Gasteiger partial charge in [-0.1, -0.05) is 6.92 Å². The normalized spacial score (nSPS) is 17.8. The summed E-state index contributed by atoms with van der Waals surface area (Å²) in [5, 5.41) is 13.9. The van der Waals surface area contributed by atoms with E-state index in [4.69, 9.17) is 4.74 Å². The van der Waals surface area contributed by atoms with Crippen LogP contribution in [0.3, 0.4) is 0 Å². The van der Waals surface area contributed by atoms with Crippen LogP contribution in [0.5, 0.6) is 0 Å². The highest BCUT2D eigenvalue weighted by Crippen LogP contribution is 2.24. The summed E-state index contributed by atoms with van der Waals surface area (Å²) >= 11 is 0. The van der Waals surface area contributed by atoms with E-state index in [1.165, 1.54) is 0 Å². The molecule has 0 amide bonds. The zero-order chi connectivity index (χ0) is 14.4. The third-order valence-electron chi connectivity index (χ3n) is 3.70. The summed E-state index contributed by atoms with van der Waals surface area (Å²) in [5.41, 5.74) is 1.39. The zero-order valence-corrected chi connectivity index (χ0v) is 12.4. The summed E-state index contributed by atoms with van der Waals surface area (Å²) in [5.74, 6) is 0. The van der Waals surface area contributed by atoms with Crippen molar-refractivity contribution in [3.63, 3.8) is 0 Å². The lowest BCUT2D eigenvalue weighted by Crippen LogP contribution is -2.45. The Bertz CT molecular complexity index is 419. The van der Waals surface area contributed by atoms with Gasteiger partial charge in [-0.05, 0) is 12.5 Å². The summed E-state index contributed by atoms with van der Waals surface area (Å²) in [6.07, 6.45) is 6.13. The van der Waals surface area contributed by atoms with Gasteiger partial charge in [0.2, 0.25) is 0 Å². The van der Waals surface area contributed by atoms with E-state index in [1.54, 1.807) is 0 Å². The predicted molar refractivity (Wildman–Crippen MR) is 81.3 cm³/mol. The van der Waals surface area contributed by atoms with Gasteiger partial charge in [0.05, 0.1) is 29.4 Å². The van der Waals surface area contributed by atoms with Gasteiger partial charge in [-0.2, -0.15) is 0 Å². The molecule has 2 rings (SSSR count). The van der Waals surface area contributed by atoms with Gasteiger partial charge in [-0.25, -0.2) is 0 Å². The molecule has 5 nitrogen and oxygen atoms in total. The van der Waals surface area contributed by atoms with Crippen LogP contribution >= 0.6 is 0 Å². The lowest BCUT2D eigenvalue weighted by molar-refractivity contribution is -0.0572. The topological polar surface area (TPSA) is 57.6 Å². The van der Waals surface area contributed by atoms with Gasteiger partial charge in [0.15, 0.2) is 0 Å². The highest BCUT2D eigenvalue weighted by atomic mass is 16.5. The highest BCUT2D eigenvalue weighted by Gasteiger charge is 2.31. The molecule has 0 spiro atoms. The summed E-state index contributed by atoms with van der Waals surface area (Å²) in [4.78, 5) is 6.33. The van der Waals surface area contributed by atoms with Crippen molar-refractivity contribution in [2.24, 2.45) is 0 Å². The second kappa shape index (κ2) is 6.90.